The minimum atomic E-state index is -0.546. The first-order valence-corrected chi connectivity index (χ1v) is 8.88. The lowest BCUT2D eigenvalue weighted by Crippen LogP contribution is -2.38. The van der Waals surface area contributed by atoms with E-state index < -0.39 is 10.8 Å². The number of halogens is 1. The van der Waals surface area contributed by atoms with E-state index in [9.17, 15) is 19.7 Å². The molecule has 0 aromatic heterocycles. The molecule has 0 bridgehead atoms. The van der Waals surface area contributed by atoms with Gasteiger partial charge in [-0.05, 0) is 18.9 Å². The number of likely N-dealkylation sites (tertiary alicyclic amines) is 1. The van der Waals surface area contributed by atoms with E-state index in [1.54, 1.807) is 0 Å². The quantitative estimate of drug-likeness (QED) is 0.654. The maximum absolute atomic E-state index is 12.5. The van der Waals surface area contributed by atoms with Gasteiger partial charge in [0.15, 0.2) is 0 Å². The summed E-state index contributed by atoms with van der Waals surface area (Å²) in [5.74, 6) is -0.662. The second kappa shape index (κ2) is 7.39. The number of nitro groups is 1. The van der Waals surface area contributed by atoms with Crippen molar-refractivity contribution in [3.8, 4) is 0 Å². The zero-order valence-electron chi connectivity index (χ0n) is 13.7. The number of hydrogen-bond donors (Lipinski definition) is 1. The number of amides is 2. The molecule has 1 atom stereocenters. The molecule has 8 heteroatoms. The second-order valence-electron chi connectivity index (χ2n) is 6.65. The van der Waals surface area contributed by atoms with Gasteiger partial charge in [0.25, 0.3) is 5.69 Å². The summed E-state index contributed by atoms with van der Waals surface area (Å²) in [7, 11) is 0. The zero-order chi connectivity index (χ0) is 18.0. The van der Waals surface area contributed by atoms with E-state index in [4.69, 9.17) is 11.6 Å². The van der Waals surface area contributed by atoms with Crippen LogP contribution in [0.1, 0.15) is 38.5 Å². The fourth-order valence-corrected chi connectivity index (χ4v) is 3.83. The lowest BCUT2D eigenvalue weighted by Gasteiger charge is -2.31. The van der Waals surface area contributed by atoms with E-state index in [2.05, 4.69) is 5.32 Å². The molecule has 1 aromatic rings. The Morgan fingerprint density at radius 1 is 1.28 bits per heavy atom. The highest BCUT2D eigenvalue weighted by Crippen LogP contribution is 2.31. The maximum atomic E-state index is 12.5. The van der Waals surface area contributed by atoms with Crippen LogP contribution in [0.5, 0.6) is 0 Å². The lowest BCUT2D eigenvalue weighted by molar-refractivity contribution is -0.384. The molecule has 7 nitrogen and oxygen atoms in total. The molecule has 1 aliphatic heterocycles. The summed E-state index contributed by atoms with van der Waals surface area (Å²) in [5, 5.41) is 13.5. The molecule has 25 heavy (non-hydrogen) atoms. The summed E-state index contributed by atoms with van der Waals surface area (Å²) in [5.41, 5.74) is 0.184. The van der Waals surface area contributed by atoms with E-state index in [-0.39, 0.29) is 35.0 Å². The number of nitrogens with zero attached hydrogens (tertiary/aromatic N) is 2. The van der Waals surface area contributed by atoms with Crippen LogP contribution in [0, 0.1) is 16.0 Å². The molecule has 2 fully saturated rings. The first kappa shape index (κ1) is 17.7. The fourth-order valence-electron chi connectivity index (χ4n) is 3.61. The van der Waals surface area contributed by atoms with Gasteiger partial charge < -0.3 is 10.2 Å². The summed E-state index contributed by atoms with van der Waals surface area (Å²) < 4.78 is 0. The standard InChI is InChI=1S/C17H20ClN3O4/c18-14-9-13(21(24)25)6-7-15(14)19-17(23)11-8-16(22)20(10-11)12-4-2-1-3-5-12/h6-7,9,11-12H,1-5,8,10H2,(H,19,23)/t11-/m1/s1. The van der Waals surface area contributed by atoms with Crippen molar-refractivity contribution in [3.63, 3.8) is 0 Å². The topological polar surface area (TPSA) is 92.5 Å². The van der Waals surface area contributed by atoms with Crippen LogP contribution in [-0.4, -0.2) is 34.2 Å². The van der Waals surface area contributed by atoms with Crippen molar-refractivity contribution in [2.45, 2.75) is 44.6 Å². The van der Waals surface area contributed by atoms with Crippen LogP contribution in [0.2, 0.25) is 5.02 Å². The van der Waals surface area contributed by atoms with Crippen molar-refractivity contribution in [2.75, 3.05) is 11.9 Å². The molecule has 1 saturated carbocycles. The third-order valence-corrected chi connectivity index (χ3v) is 5.28. The molecule has 134 valence electrons. The molecule has 1 heterocycles. The molecule has 1 aromatic carbocycles. The van der Waals surface area contributed by atoms with Gasteiger partial charge >= 0.3 is 0 Å². The van der Waals surface area contributed by atoms with Gasteiger partial charge in [-0.25, -0.2) is 0 Å². The minimum Gasteiger partial charge on any atom is -0.339 e. The predicted octanol–water partition coefficient (Wildman–Crippen LogP) is 3.37. The molecule has 1 N–H and O–H groups in total. The van der Waals surface area contributed by atoms with Crippen LogP contribution in [0.15, 0.2) is 18.2 Å². The maximum Gasteiger partial charge on any atom is 0.271 e. The number of carbonyl (C=O) groups excluding carboxylic acids is 2. The number of nitro benzene ring substituents is 1. The second-order valence-corrected chi connectivity index (χ2v) is 7.06. The average molecular weight is 366 g/mol. The smallest absolute Gasteiger partial charge is 0.271 e. The highest BCUT2D eigenvalue weighted by atomic mass is 35.5. The van der Waals surface area contributed by atoms with E-state index in [0.717, 1.165) is 25.7 Å². The summed E-state index contributed by atoms with van der Waals surface area (Å²) in [6, 6.07) is 4.15. The number of anilines is 1. The molecule has 2 amide bonds. The van der Waals surface area contributed by atoms with Gasteiger partial charge in [0, 0.05) is 31.1 Å². The molecule has 1 aliphatic carbocycles. The number of carbonyl (C=O) groups is 2. The normalized spacial score (nSPS) is 21.4. The van der Waals surface area contributed by atoms with Gasteiger partial charge in [-0.2, -0.15) is 0 Å². The minimum absolute atomic E-state index is 0.0295. The Morgan fingerprint density at radius 2 is 2.00 bits per heavy atom. The molecule has 0 spiro atoms. The van der Waals surface area contributed by atoms with E-state index in [0.29, 0.717) is 12.2 Å². The number of non-ortho nitro benzene ring substituents is 1. The fraction of sp³-hybridized carbons (Fsp3) is 0.529. The Hall–Kier alpha value is -2.15. The van der Waals surface area contributed by atoms with Gasteiger partial charge in [-0.15, -0.1) is 0 Å². The van der Waals surface area contributed by atoms with Gasteiger partial charge in [0.1, 0.15) is 0 Å². The van der Waals surface area contributed by atoms with E-state index >= 15 is 0 Å². The van der Waals surface area contributed by atoms with Crippen molar-refractivity contribution < 1.29 is 14.5 Å². The van der Waals surface area contributed by atoms with Gasteiger partial charge in [-0.1, -0.05) is 30.9 Å². The predicted molar refractivity (Wildman–Crippen MR) is 93.4 cm³/mol. The Labute approximate surface area is 150 Å². The molecule has 1 saturated heterocycles. The highest BCUT2D eigenvalue weighted by molar-refractivity contribution is 6.34. The Morgan fingerprint density at radius 3 is 2.64 bits per heavy atom. The van der Waals surface area contributed by atoms with Crippen molar-refractivity contribution in [1.82, 2.24) is 4.90 Å². The number of benzene rings is 1. The van der Waals surface area contributed by atoms with E-state index in [1.807, 2.05) is 4.90 Å². The molecular weight excluding hydrogens is 346 g/mol. The number of hydrogen-bond acceptors (Lipinski definition) is 4. The van der Waals surface area contributed by atoms with Crippen LogP contribution < -0.4 is 5.32 Å². The average Bonchev–Trinajstić information content (AvgIpc) is 2.99. The van der Waals surface area contributed by atoms with Crippen molar-refractivity contribution in [1.29, 1.82) is 0 Å². The molecule has 2 aliphatic rings. The van der Waals surface area contributed by atoms with Crippen LogP contribution >= 0.6 is 11.6 Å². The van der Waals surface area contributed by atoms with Gasteiger partial charge in [-0.3, -0.25) is 19.7 Å². The molecule has 3 rings (SSSR count). The third-order valence-electron chi connectivity index (χ3n) is 4.97. The Balaban J connectivity index is 1.64. The van der Waals surface area contributed by atoms with Crippen LogP contribution in [0.25, 0.3) is 0 Å². The van der Waals surface area contributed by atoms with Crippen LogP contribution in [0.4, 0.5) is 11.4 Å². The number of nitrogens with one attached hydrogen (secondary N) is 1. The van der Waals surface area contributed by atoms with Crippen molar-refractivity contribution in [2.24, 2.45) is 5.92 Å². The van der Waals surface area contributed by atoms with Crippen molar-refractivity contribution >= 4 is 34.8 Å². The Bertz CT molecular complexity index is 703. The summed E-state index contributed by atoms with van der Waals surface area (Å²) in [6.45, 7) is 0.430. The van der Waals surface area contributed by atoms with E-state index in [1.165, 1.54) is 24.6 Å². The number of rotatable bonds is 4. The van der Waals surface area contributed by atoms with Gasteiger partial charge in [0.05, 0.1) is 21.6 Å². The highest BCUT2D eigenvalue weighted by Gasteiger charge is 2.38. The first-order chi connectivity index (χ1) is 12.0. The van der Waals surface area contributed by atoms with Gasteiger partial charge in [0.2, 0.25) is 11.8 Å². The molecule has 0 unspecified atom stereocenters. The largest absolute Gasteiger partial charge is 0.339 e. The summed E-state index contributed by atoms with van der Waals surface area (Å²) >= 11 is 6.01. The summed E-state index contributed by atoms with van der Waals surface area (Å²) in [6.07, 6.45) is 5.68. The third kappa shape index (κ3) is 3.92. The Kier molecular flexibility index (Phi) is 5.22. The zero-order valence-corrected chi connectivity index (χ0v) is 14.5. The summed E-state index contributed by atoms with van der Waals surface area (Å²) in [4.78, 5) is 36.8. The van der Waals surface area contributed by atoms with Crippen molar-refractivity contribution in [3.05, 3.63) is 33.3 Å². The monoisotopic (exact) mass is 365 g/mol. The molecular formula is C17H20ClN3O4. The van der Waals surface area contributed by atoms with Crippen LogP contribution in [0.3, 0.4) is 0 Å². The SMILES string of the molecule is O=C(Nc1ccc([N+](=O)[O-])cc1Cl)[C@@H]1CC(=O)N(C2CCCCC2)C1. The lowest BCUT2D eigenvalue weighted by atomic mass is 9.94. The first-order valence-electron chi connectivity index (χ1n) is 8.50. The van der Waals surface area contributed by atoms with Crippen LogP contribution in [-0.2, 0) is 9.59 Å². The molecule has 0 radical (unpaired) electrons.